The van der Waals surface area contributed by atoms with E-state index in [4.69, 9.17) is 10.00 Å². The van der Waals surface area contributed by atoms with E-state index in [0.717, 1.165) is 17.0 Å². The number of rotatable bonds is 4. The maximum atomic E-state index is 8.64. The van der Waals surface area contributed by atoms with Gasteiger partial charge in [-0.25, -0.2) is 4.98 Å². The molecule has 4 nitrogen and oxygen atoms in total. The van der Waals surface area contributed by atoms with Crippen LogP contribution in [0.2, 0.25) is 0 Å². The Morgan fingerprint density at radius 3 is 2.56 bits per heavy atom. The average molecular weight is 239 g/mol. The van der Waals surface area contributed by atoms with Crippen LogP contribution in [-0.2, 0) is 6.54 Å². The number of ether oxygens (including phenoxy) is 1. The summed E-state index contributed by atoms with van der Waals surface area (Å²) in [7, 11) is 1.65. The van der Waals surface area contributed by atoms with Crippen molar-refractivity contribution in [1.29, 1.82) is 5.26 Å². The smallest absolute Gasteiger partial charge is 0.140 e. The van der Waals surface area contributed by atoms with Crippen LogP contribution in [0.4, 0.5) is 5.69 Å². The van der Waals surface area contributed by atoms with Gasteiger partial charge in [0.05, 0.1) is 19.0 Å². The molecule has 0 radical (unpaired) electrons. The second-order valence-electron chi connectivity index (χ2n) is 3.75. The molecule has 90 valence electrons. The third kappa shape index (κ3) is 2.98. The average Bonchev–Trinajstić information content (AvgIpc) is 2.46. The number of nitrogens with one attached hydrogen (secondary N) is 1. The fourth-order valence-corrected chi connectivity index (χ4v) is 1.51. The molecule has 1 aromatic carbocycles. The Morgan fingerprint density at radius 1 is 1.22 bits per heavy atom. The van der Waals surface area contributed by atoms with Crippen LogP contribution >= 0.6 is 0 Å². The third-order valence-corrected chi connectivity index (χ3v) is 2.53. The highest BCUT2D eigenvalue weighted by molar-refractivity contribution is 5.43. The van der Waals surface area contributed by atoms with Crippen molar-refractivity contribution in [3.63, 3.8) is 0 Å². The Balaban J connectivity index is 1.95. The lowest BCUT2D eigenvalue weighted by Crippen LogP contribution is -2.00. The van der Waals surface area contributed by atoms with Gasteiger partial charge in [-0.15, -0.1) is 0 Å². The van der Waals surface area contributed by atoms with E-state index < -0.39 is 0 Å². The highest BCUT2D eigenvalue weighted by Crippen LogP contribution is 2.13. The van der Waals surface area contributed by atoms with Crippen molar-refractivity contribution >= 4 is 5.69 Å². The molecule has 0 amide bonds. The molecule has 0 spiro atoms. The normalized spacial score (nSPS) is 9.56. The fourth-order valence-electron chi connectivity index (χ4n) is 1.51. The van der Waals surface area contributed by atoms with Crippen molar-refractivity contribution in [2.24, 2.45) is 0 Å². The molecule has 0 unspecified atom stereocenters. The number of hydrogen-bond acceptors (Lipinski definition) is 4. The molecule has 2 aromatic rings. The summed E-state index contributed by atoms with van der Waals surface area (Å²) < 4.78 is 5.10. The molecule has 2 rings (SSSR count). The van der Waals surface area contributed by atoms with Crippen LogP contribution in [0.1, 0.15) is 11.3 Å². The minimum Gasteiger partial charge on any atom is -0.497 e. The van der Waals surface area contributed by atoms with Gasteiger partial charge in [0.1, 0.15) is 17.5 Å². The topological polar surface area (TPSA) is 57.9 Å². The van der Waals surface area contributed by atoms with Gasteiger partial charge in [0.15, 0.2) is 0 Å². The predicted octanol–water partition coefficient (Wildman–Crippen LogP) is 2.57. The molecule has 1 heterocycles. The van der Waals surface area contributed by atoms with Crippen LogP contribution in [0.15, 0.2) is 42.6 Å². The van der Waals surface area contributed by atoms with Crippen molar-refractivity contribution in [3.8, 4) is 11.8 Å². The van der Waals surface area contributed by atoms with Crippen molar-refractivity contribution in [3.05, 3.63) is 53.9 Å². The number of hydrogen-bond donors (Lipinski definition) is 1. The number of nitrogens with zero attached hydrogens (tertiary/aromatic N) is 2. The van der Waals surface area contributed by atoms with Gasteiger partial charge in [0.2, 0.25) is 0 Å². The Morgan fingerprint density at radius 2 is 2.00 bits per heavy atom. The van der Waals surface area contributed by atoms with Gasteiger partial charge in [0.25, 0.3) is 0 Å². The fraction of sp³-hybridized carbons (Fsp3) is 0.143. The van der Waals surface area contributed by atoms with E-state index in [0.29, 0.717) is 12.2 Å². The highest BCUT2D eigenvalue weighted by Gasteiger charge is 1.96. The molecule has 0 bridgehead atoms. The predicted molar refractivity (Wildman–Crippen MR) is 69.3 cm³/mol. The summed E-state index contributed by atoms with van der Waals surface area (Å²) in [6, 6.07) is 13.4. The summed E-state index contributed by atoms with van der Waals surface area (Å²) in [5, 5.41) is 11.9. The number of nitriles is 1. The number of benzene rings is 1. The van der Waals surface area contributed by atoms with Gasteiger partial charge >= 0.3 is 0 Å². The monoisotopic (exact) mass is 239 g/mol. The molecule has 0 atom stereocenters. The van der Waals surface area contributed by atoms with E-state index in [2.05, 4.69) is 10.3 Å². The third-order valence-electron chi connectivity index (χ3n) is 2.53. The van der Waals surface area contributed by atoms with Gasteiger partial charge in [-0.2, -0.15) is 5.26 Å². The van der Waals surface area contributed by atoms with E-state index in [1.807, 2.05) is 36.4 Å². The van der Waals surface area contributed by atoms with Crippen molar-refractivity contribution < 1.29 is 4.74 Å². The van der Waals surface area contributed by atoms with Gasteiger partial charge in [0, 0.05) is 6.54 Å². The Bertz CT molecular complexity index is 541. The largest absolute Gasteiger partial charge is 0.497 e. The van der Waals surface area contributed by atoms with Crippen molar-refractivity contribution in [1.82, 2.24) is 4.98 Å². The minimum atomic E-state index is 0.421. The van der Waals surface area contributed by atoms with Crippen LogP contribution in [0.25, 0.3) is 0 Å². The summed E-state index contributed by atoms with van der Waals surface area (Å²) in [6.45, 7) is 0.706. The van der Waals surface area contributed by atoms with Gasteiger partial charge in [-0.3, -0.25) is 0 Å². The molecule has 18 heavy (non-hydrogen) atoms. The maximum Gasteiger partial charge on any atom is 0.140 e. The lowest BCUT2D eigenvalue weighted by Gasteiger charge is -2.06. The molecule has 0 saturated heterocycles. The van der Waals surface area contributed by atoms with Crippen LogP contribution in [0.3, 0.4) is 0 Å². The summed E-state index contributed by atoms with van der Waals surface area (Å²) >= 11 is 0. The van der Waals surface area contributed by atoms with Crippen molar-refractivity contribution in [2.75, 3.05) is 12.4 Å². The lowest BCUT2D eigenvalue weighted by molar-refractivity contribution is 0.414. The first-order valence-corrected chi connectivity index (χ1v) is 5.55. The molecule has 0 aliphatic heterocycles. The number of anilines is 1. The first-order valence-electron chi connectivity index (χ1n) is 5.55. The zero-order chi connectivity index (χ0) is 12.8. The first-order chi connectivity index (χ1) is 8.81. The first kappa shape index (κ1) is 11.9. The zero-order valence-corrected chi connectivity index (χ0v) is 10.1. The van der Waals surface area contributed by atoms with E-state index in [9.17, 15) is 0 Å². The van der Waals surface area contributed by atoms with E-state index >= 15 is 0 Å². The van der Waals surface area contributed by atoms with E-state index in [1.54, 1.807) is 19.4 Å². The lowest BCUT2D eigenvalue weighted by atomic mass is 10.2. The van der Waals surface area contributed by atoms with E-state index in [-0.39, 0.29) is 0 Å². The van der Waals surface area contributed by atoms with Crippen LogP contribution in [-0.4, -0.2) is 12.1 Å². The molecule has 0 aliphatic rings. The number of aromatic nitrogens is 1. The van der Waals surface area contributed by atoms with Gasteiger partial charge in [-0.05, 0) is 29.8 Å². The van der Waals surface area contributed by atoms with Crippen molar-refractivity contribution in [2.45, 2.75) is 6.54 Å². The van der Waals surface area contributed by atoms with Gasteiger partial charge < -0.3 is 10.1 Å². The molecular formula is C14H13N3O. The second kappa shape index (κ2) is 5.69. The minimum absolute atomic E-state index is 0.421. The molecule has 0 saturated carbocycles. The summed E-state index contributed by atoms with van der Waals surface area (Å²) in [4.78, 5) is 3.99. The molecule has 4 heteroatoms. The summed E-state index contributed by atoms with van der Waals surface area (Å²) in [5.74, 6) is 0.846. The second-order valence-corrected chi connectivity index (χ2v) is 3.75. The molecule has 1 aromatic heterocycles. The Labute approximate surface area is 106 Å². The number of methoxy groups -OCH3 is 1. The standard InChI is InChI=1S/C14H13N3O/c1-18-14-6-2-11(3-7-14)9-16-13-5-4-12(8-15)17-10-13/h2-7,10,16H,9H2,1H3. The summed E-state index contributed by atoms with van der Waals surface area (Å²) in [6.07, 6.45) is 1.65. The van der Waals surface area contributed by atoms with Crippen LogP contribution in [0, 0.1) is 11.3 Å². The SMILES string of the molecule is COc1ccc(CNc2ccc(C#N)nc2)cc1. The Kier molecular flexibility index (Phi) is 3.77. The zero-order valence-electron chi connectivity index (χ0n) is 10.1. The molecule has 1 N–H and O–H groups in total. The quantitative estimate of drug-likeness (QED) is 0.890. The number of pyridine rings is 1. The highest BCUT2D eigenvalue weighted by atomic mass is 16.5. The Hall–Kier alpha value is -2.54. The van der Waals surface area contributed by atoms with E-state index in [1.165, 1.54) is 0 Å². The maximum absolute atomic E-state index is 8.64. The molecule has 0 aliphatic carbocycles. The molecular weight excluding hydrogens is 226 g/mol. The van der Waals surface area contributed by atoms with Crippen LogP contribution in [0.5, 0.6) is 5.75 Å². The molecule has 0 fully saturated rings. The van der Waals surface area contributed by atoms with Gasteiger partial charge in [-0.1, -0.05) is 12.1 Å². The van der Waals surface area contributed by atoms with Crippen LogP contribution < -0.4 is 10.1 Å². The summed E-state index contributed by atoms with van der Waals surface area (Å²) in [5.41, 5.74) is 2.47.